The Hall–Kier alpha value is -2.67. The summed E-state index contributed by atoms with van der Waals surface area (Å²) in [6.45, 7) is 2.08. The van der Waals surface area contributed by atoms with Crippen molar-refractivity contribution in [1.29, 1.82) is 0 Å². The van der Waals surface area contributed by atoms with Crippen LogP contribution in [-0.2, 0) is 0 Å². The minimum Gasteiger partial charge on any atom is -0.252 e. The highest BCUT2D eigenvalue weighted by molar-refractivity contribution is 5.98. The average molecular weight is 269 g/mol. The zero-order chi connectivity index (χ0) is 14.2. The van der Waals surface area contributed by atoms with Crippen molar-refractivity contribution in [2.75, 3.05) is 0 Å². The SMILES string of the molecule is Cc1nc(-c2cccc3ccccc23)cc2ccccc12. The van der Waals surface area contributed by atoms with E-state index >= 15 is 0 Å². The highest BCUT2D eigenvalue weighted by atomic mass is 14.7. The van der Waals surface area contributed by atoms with Crippen molar-refractivity contribution in [3.63, 3.8) is 0 Å². The summed E-state index contributed by atoms with van der Waals surface area (Å²) in [5.74, 6) is 0. The van der Waals surface area contributed by atoms with Crippen molar-refractivity contribution in [1.82, 2.24) is 4.98 Å². The van der Waals surface area contributed by atoms with Crippen molar-refractivity contribution in [3.05, 3.63) is 78.5 Å². The van der Waals surface area contributed by atoms with Crippen LogP contribution in [0.4, 0.5) is 0 Å². The van der Waals surface area contributed by atoms with Gasteiger partial charge in [-0.1, -0.05) is 66.7 Å². The summed E-state index contributed by atoms with van der Waals surface area (Å²) in [6.07, 6.45) is 0. The molecule has 1 nitrogen and oxygen atoms in total. The molecule has 1 heteroatoms. The van der Waals surface area contributed by atoms with Gasteiger partial charge in [0, 0.05) is 16.6 Å². The number of pyridine rings is 1. The van der Waals surface area contributed by atoms with Crippen molar-refractivity contribution in [3.8, 4) is 11.3 Å². The summed E-state index contributed by atoms with van der Waals surface area (Å²) in [6, 6.07) is 25.5. The lowest BCUT2D eigenvalue weighted by molar-refractivity contribution is 1.24. The fourth-order valence-electron chi connectivity index (χ4n) is 2.96. The van der Waals surface area contributed by atoms with Crippen molar-refractivity contribution < 1.29 is 0 Å². The number of nitrogens with zero attached hydrogens (tertiary/aromatic N) is 1. The third-order valence-corrected chi connectivity index (χ3v) is 4.00. The van der Waals surface area contributed by atoms with E-state index in [1.165, 1.54) is 27.1 Å². The minimum atomic E-state index is 1.04. The molecule has 0 amide bonds. The Kier molecular flexibility index (Phi) is 2.71. The van der Waals surface area contributed by atoms with Gasteiger partial charge in [-0.2, -0.15) is 0 Å². The quantitative estimate of drug-likeness (QED) is 0.453. The first kappa shape index (κ1) is 12.1. The molecule has 1 aromatic heterocycles. The van der Waals surface area contributed by atoms with Crippen LogP contribution in [0.2, 0.25) is 0 Å². The summed E-state index contributed by atoms with van der Waals surface area (Å²) < 4.78 is 0. The second-order valence-electron chi connectivity index (χ2n) is 5.34. The molecule has 0 aliphatic rings. The number of fused-ring (bicyclic) bond motifs is 2. The Morgan fingerprint density at radius 3 is 2.19 bits per heavy atom. The van der Waals surface area contributed by atoms with Crippen LogP contribution in [0.3, 0.4) is 0 Å². The summed E-state index contributed by atoms with van der Waals surface area (Å²) >= 11 is 0. The first-order valence-corrected chi connectivity index (χ1v) is 7.17. The van der Waals surface area contributed by atoms with Gasteiger partial charge in [0.2, 0.25) is 0 Å². The monoisotopic (exact) mass is 269 g/mol. The number of benzene rings is 3. The van der Waals surface area contributed by atoms with Crippen molar-refractivity contribution >= 4 is 21.5 Å². The molecule has 0 aliphatic carbocycles. The molecule has 0 atom stereocenters. The second kappa shape index (κ2) is 4.71. The molecule has 3 aromatic carbocycles. The Labute approximate surface area is 123 Å². The van der Waals surface area contributed by atoms with Crippen LogP contribution < -0.4 is 0 Å². The van der Waals surface area contributed by atoms with Gasteiger partial charge in [-0.05, 0) is 29.1 Å². The lowest BCUT2D eigenvalue weighted by Crippen LogP contribution is -1.90. The maximum Gasteiger partial charge on any atom is 0.0717 e. The molecule has 0 bridgehead atoms. The van der Waals surface area contributed by atoms with Crippen LogP contribution in [0.5, 0.6) is 0 Å². The third-order valence-electron chi connectivity index (χ3n) is 4.00. The topological polar surface area (TPSA) is 12.9 Å². The summed E-state index contributed by atoms with van der Waals surface area (Å²) in [5, 5.41) is 4.97. The molecule has 0 fully saturated rings. The molecule has 0 saturated carbocycles. The Balaban J connectivity index is 2.05. The van der Waals surface area contributed by atoms with Gasteiger partial charge in [-0.15, -0.1) is 0 Å². The van der Waals surface area contributed by atoms with Crippen molar-refractivity contribution in [2.24, 2.45) is 0 Å². The molecule has 4 aromatic rings. The number of aromatic nitrogens is 1. The highest BCUT2D eigenvalue weighted by Gasteiger charge is 2.07. The van der Waals surface area contributed by atoms with Crippen LogP contribution in [-0.4, -0.2) is 4.98 Å². The molecule has 0 radical (unpaired) electrons. The first-order chi connectivity index (χ1) is 10.3. The predicted molar refractivity (Wildman–Crippen MR) is 89.4 cm³/mol. The van der Waals surface area contributed by atoms with Crippen LogP contribution in [0.15, 0.2) is 72.8 Å². The van der Waals surface area contributed by atoms with E-state index in [9.17, 15) is 0 Å². The van der Waals surface area contributed by atoms with E-state index in [2.05, 4.69) is 79.7 Å². The summed E-state index contributed by atoms with van der Waals surface area (Å²) in [5.41, 5.74) is 3.32. The predicted octanol–water partition coefficient (Wildman–Crippen LogP) is 5.36. The largest absolute Gasteiger partial charge is 0.252 e. The molecule has 0 N–H and O–H groups in total. The maximum atomic E-state index is 4.82. The van der Waals surface area contributed by atoms with Gasteiger partial charge >= 0.3 is 0 Å². The van der Waals surface area contributed by atoms with E-state index in [1.54, 1.807) is 0 Å². The fourth-order valence-corrected chi connectivity index (χ4v) is 2.96. The lowest BCUT2D eigenvalue weighted by Gasteiger charge is -2.09. The second-order valence-corrected chi connectivity index (χ2v) is 5.34. The van der Waals surface area contributed by atoms with Gasteiger partial charge in [0.1, 0.15) is 0 Å². The fraction of sp³-hybridized carbons (Fsp3) is 0.0500. The maximum absolute atomic E-state index is 4.82. The zero-order valence-electron chi connectivity index (χ0n) is 11.9. The molecule has 0 spiro atoms. The average Bonchev–Trinajstić information content (AvgIpc) is 2.54. The van der Waals surface area contributed by atoms with Gasteiger partial charge in [-0.25, -0.2) is 0 Å². The van der Waals surface area contributed by atoms with Gasteiger partial charge in [-0.3, -0.25) is 4.98 Å². The van der Waals surface area contributed by atoms with E-state index in [4.69, 9.17) is 4.98 Å². The first-order valence-electron chi connectivity index (χ1n) is 7.17. The number of aryl methyl sites for hydroxylation is 1. The van der Waals surface area contributed by atoms with Crippen LogP contribution in [0.1, 0.15) is 5.69 Å². The van der Waals surface area contributed by atoms with Crippen molar-refractivity contribution in [2.45, 2.75) is 6.92 Å². The Morgan fingerprint density at radius 2 is 1.33 bits per heavy atom. The molecule has 0 saturated heterocycles. The molecular formula is C20H15N. The summed E-state index contributed by atoms with van der Waals surface area (Å²) in [4.78, 5) is 4.82. The van der Waals surface area contributed by atoms with Crippen LogP contribution in [0.25, 0.3) is 32.8 Å². The molecule has 4 rings (SSSR count). The third kappa shape index (κ3) is 1.98. The lowest BCUT2D eigenvalue weighted by atomic mass is 10.00. The number of rotatable bonds is 1. The van der Waals surface area contributed by atoms with E-state index < -0.39 is 0 Å². The van der Waals surface area contributed by atoms with Crippen LogP contribution >= 0.6 is 0 Å². The Bertz CT molecular complexity index is 949. The van der Waals surface area contributed by atoms with Gasteiger partial charge in [0.05, 0.1) is 5.69 Å². The standard InChI is InChI=1S/C20H15N/c1-14-17-10-4-3-8-16(17)13-20(21-14)19-12-6-9-15-7-2-5-11-18(15)19/h2-13H,1H3. The number of hydrogen-bond donors (Lipinski definition) is 0. The summed E-state index contributed by atoms with van der Waals surface area (Å²) in [7, 11) is 0. The molecule has 21 heavy (non-hydrogen) atoms. The molecule has 0 unspecified atom stereocenters. The zero-order valence-corrected chi connectivity index (χ0v) is 11.9. The van der Waals surface area contributed by atoms with Gasteiger partial charge < -0.3 is 0 Å². The van der Waals surface area contributed by atoms with E-state index in [0.29, 0.717) is 0 Å². The Morgan fingerprint density at radius 1 is 0.667 bits per heavy atom. The highest BCUT2D eigenvalue weighted by Crippen LogP contribution is 2.30. The van der Waals surface area contributed by atoms with Crippen LogP contribution in [0, 0.1) is 6.92 Å². The van der Waals surface area contributed by atoms with E-state index in [0.717, 1.165) is 11.4 Å². The van der Waals surface area contributed by atoms with E-state index in [-0.39, 0.29) is 0 Å². The number of hydrogen-bond acceptors (Lipinski definition) is 1. The molecule has 0 aliphatic heterocycles. The van der Waals surface area contributed by atoms with E-state index in [1.807, 2.05) is 0 Å². The molecular weight excluding hydrogens is 254 g/mol. The molecule has 100 valence electrons. The molecule has 1 heterocycles. The van der Waals surface area contributed by atoms with Gasteiger partial charge in [0.25, 0.3) is 0 Å². The smallest absolute Gasteiger partial charge is 0.0717 e. The minimum absolute atomic E-state index is 1.04. The normalized spacial score (nSPS) is 11.1. The van der Waals surface area contributed by atoms with Gasteiger partial charge in [0.15, 0.2) is 0 Å².